The third-order valence-electron chi connectivity index (χ3n) is 4.00. The fraction of sp³-hybridized carbons (Fsp3) is 0.500. The van der Waals surface area contributed by atoms with Gasteiger partial charge in [0.2, 0.25) is 11.9 Å². The maximum Gasteiger partial charge on any atom is 0.225 e. The fourth-order valence-corrected chi connectivity index (χ4v) is 2.63. The summed E-state index contributed by atoms with van der Waals surface area (Å²) in [4.78, 5) is 22.8. The van der Waals surface area contributed by atoms with Crippen LogP contribution in [0.4, 0.5) is 11.6 Å². The Morgan fingerprint density at radius 1 is 1.25 bits per heavy atom. The summed E-state index contributed by atoms with van der Waals surface area (Å²) in [6.45, 7) is 6.66. The van der Waals surface area contributed by atoms with Crippen LogP contribution < -0.4 is 10.2 Å². The van der Waals surface area contributed by atoms with E-state index in [-0.39, 0.29) is 5.91 Å². The Morgan fingerprint density at radius 2 is 1.96 bits per heavy atom. The zero-order valence-corrected chi connectivity index (χ0v) is 13.9. The number of hydrogen-bond donors (Lipinski definition) is 1. The minimum absolute atomic E-state index is 0.0854. The lowest BCUT2D eigenvalue weighted by molar-refractivity contribution is -0.116. The Bertz CT molecular complexity index is 673. The average molecular weight is 331 g/mol. The lowest BCUT2D eigenvalue weighted by Crippen LogP contribution is -2.37. The van der Waals surface area contributed by atoms with Crippen molar-refractivity contribution in [2.75, 3.05) is 36.5 Å². The molecule has 0 spiro atoms. The van der Waals surface area contributed by atoms with E-state index in [4.69, 9.17) is 9.26 Å². The number of rotatable bonds is 5. The van der Waals surface area contributed by atoms with Gasteiger partial charge in [-0.2, -0.15) is 0 Å². The second-order valence-electron chi connectivity index (χ2n) is 5.72. The van der Waals surface area contributed by atoms with Gasteiger partial charge in [0, 0.05) is 25.1 Å². The molecule has 1 saturated heterocycles. The standard InChI is InChI=1S/C16H21N5O3/c1-11-14(12(2)24-20-11)3-4-15(22)19-13-9-17-16(18-10-13)21-5-7-23-8-6-21/h9-10H,3-8H2,1-2H3,(H,19,22). The van der Waals surface area contributed by atoms with Crippen LogP contribution >= 0.6 is 0 Å². The number of hydrogen-bond acceptors (Lipinski definition) is 7. The van der Waals surface area contributed by atoms with Crippen molar-refractivity contribution < 1.29 is 14.1 Å². The summed E-state index contributed by atoms with van der Waals surface area (Å²) in [5.74, 6) is 1.34. The van der Waals surface area contributed by atoms with Crippen molar-refractivity contribution in [2.24, 2.45) is 0 Å². The van der Waals surface area contributed by atoms with Crippen molar-refractivity contribution in [2.45, 2.75) is 26.7 Å². The van der Waals surface area contributed by atoms with E-state index in [1.807, 2.05) is 13.8 Å². The molecule has 1 fully saturated rings. The van der Waals surface area contributed by atoms with Crippen molar-refractivity contribution in [3.8, 4) is 0 Å². The maximum absolute atomic E-state index is 12.1. The van der Waals surface area contributed by atoms with E-state index >= 15 is 0 Å². The predicted molar refractivity (Wildman–Crippen MR) is 88.0 cm³/mol. The Kier molecular flexibility index (Phi) is 5.05. The number of carbonyl (C=O) groups excluding carboxylic acids is 1. The van der Waals surface area contributed by atoms with Crippen molar-refractivity contribution in [3.05, 3.63) is 29.4 Å². The van der Waals surface area contributed by atoms with E-state index in [1.54, 1.807) is 12.4 Å². The minimum atomic E-state index is -0.0854. The third-order valence-corrected chi connectivity index (χ3v) is 4.00. The molecule has 1 aliphatic rings. The summed E-state index contributed by atoms with van der Waals surface area (Å²) < 4.78 is 10.4. The van der Waals surface area contributed by atoms with Gasteiger partial charge in [0.25, 0.3) is 0 Å². The van der Waals surface area contributed by atoms with Gasteiger partial charge in [0.05, 0.1) is 37.0 Å². The molecule has 3 rings (SSSR count). The van der Waals surface area contributed by atoms with Crippen LogP contribution in [0.3, 0.4) is 0 Å². The number of carbonyl (C=O) groups is 1. The van der Waals surface area contributed by atoms with Gasteiger partial charge in [-0.15, -0.1) is 0 Å². The molecule has 1 amide bonds. The molecule has 1 N–H and O–H groups in total. The summed E-state index contributed by atoms with van der Waals surface area (Å²) in [6, 6.07) is 0. The van der Waals surface area contributed by atoms with Gasteiger partial charge in [-0.3, -0.25) is 4.79 Å². The fourth-order valence-electron chi connectivity index (χ4n) is 2.63. The zero-order valence-electron chi connectivity index (χ0n) is 13.9. The molecule has 24 heavy (non-hydrogen) atoms. The van der Waals surface area contributed by atoms with Crippen LogP contribution in [-0.4, -0.2) is 47.3 Å². The van der Waals surface area contributed by atoms with E-state index < -0.39 is 0 Å². The Hall–Kier alpha value is -2.48. The molecule has 0 unspecified atom stereocenters. The molecule has 0 saturated carbocycles. The summed E-state index contributed by atoms with van der Waals surface area (Å²) >= 11 is 0. The van der Waals surface area contributed by atoms with Gasteiger partial charge >= 0.3 is 0 Å². The van der Waals surface area contributed by atoms with Gasteiger partial charge in [0.15, 0.2) is 0 Å². The van der Waals surface area contributed by atoms with Crippen molar-refractivity contribution in [3.63, 3.8) is 0 Å². The van der Waals surface area contributed by atoms with Crippen LogP contribution in [0.1, 0.15) is 23.4 Å². The van der Waals surface area contributed by atoms with Crippen molar-refractivity contribution >= 4 is 17.5 Å². The number of anilines is 2. The van der Waals surface area contributed by atoms with Gasteiger partial charge in [-0.25, -0.2) is 9.97 Å². The van der Waals surface area contributed by atoms with Crippen LogP contribution in [0.25, 0.3) is 0 Å². The maximum atomic E-state index is 12.1. The normalized spacial score (nSPS) is 14.7. The van der Waals surface area contributed by atoms with E-state index in [2.05, 4.69) is 25.3 Å². The van der Waals surface area contributed by atoms with Gasteiger partial charge < -0.3 is 19.5 Å². The quantitative estimate of drug-likeness (QED) is 0.887. The van der Waals surface area contributed by atoms with Crippen molar-refractivity contribution in [1.82, 2.24) is 15.1 Å². The summed E-state index contributed by atoms with van der Waals surface area (Å²) in [7, 11) is 0. The van der Waals surface area contributed by atoms with E-state index in [9.17, 15) is 4.79 Å². The molecular weight excluding hydrogens is 310 g/mol. The molecule has 8 heteroatoms. The molecule has 8 nitrogen and oxygen atoms in total. The summed E-state index contributed by atoms with van der Waals surface area (Å²) in [5.41, 5.74) is 2.42. The smallest absolute Gasteiger partial charge is 0.225 e. The van der Waals surface area contributed by atoms with E-state index in [0.717, 1.165) is 30.1 Å². The highest BCUT2D eigenvalue weighted by Gasteiger charge is 2.14. The second-order valence-corrected chi connectivity index (χ2v) is 5.72. The highest BCUT2D eigenvalue weighted by atomic mass is 16.5. The van der Waals surface area contributed by atoms with Crippen LogP contribution in [-0.2, 0) is 16.0 Å². The Balaban J connectivity index is 1.52. The number of nitrogens with zero attached hydrogens (tertiary/aromatic N) is 4. The molecule has 128 valence electrons. The predicted octanol–water partition coefficient (Wildman–Crippen LogP) is 1.49. The number of aryl methyl sites for hydroxylation is 2. The number of nitrogens with one attached hydrogen (secondary N) is 1. The van der Waals surface area contributed by atoms with Crippen LogP contribution in [0.15, 0.2) is 16.9 Å². The van der Waals surface area contributed by atoms with E-state index in [1.165, 1.54) is 0 Å². The van der Waals surface area contributed by atoms with Gasteiger partial charge in [-0.05, 0) is 20.3 Å². The Labute approximate surface area is 140 Å². The largest absolute Gasteiger partial charge is 0.378 e. The minimum Gasteiger partial charge on any atom is -0.378 e. The van der Waals surface area contributed by atoms with Gasteiger partial charge in [-0.1, -0.05) is 5.16 Å². The first-order valence-corrected chi connectivity index (χ1v) is 8.00. The van der Waals surface area contributed by atoms with Crippen molar-refractivity contribution in [1.29, 1.82) is 0 Å². The first-order valence-electron chi connectivity index (χ1n) is 8.00. The molecule has 0 aliphatic carbocycles. The monoisotopic (exact) mass is 331 g/mol. The number of aromatic nitrogens is 3. The highest BCUT2D eigenvalue weighted by Crippen LogP contribution is 2.15. The first kappa shape index (κ1) is 16.4. The van der Waals surface area contributed by atoms with Crippen LogP contribution in [0, 0.1) is 13.8 Å². The highest BCUT2D eigenvalue weighted by molar-refractivity contribution is 5.90. The number of morpholine rings is 1. The first-order chi connectivity index (χ1) is 11.6. The lowest BCUT2D eigenvalue weighted by atomic mass is 10.1. The summed E-state index contributed by atoms with van der Waals surface area (Å²) in [5, 5.41) is 6.71. The van der Waals surface area contributed by atoms with Gasteiger partial charge in [0.1, 0.15) is 5.76 Å². The molecule has 1 aliphatic heterocycles. The lowest BCUT2D eigenvalue weighted by Gasteiger charge is -2.26. The van der Waals surface area contributed by atoms with E-state index in [0.29, 0.717) is 37.7 Å². The van der Waals surface area contributed by atoms with Crippen LogP contribution in [0.2, 0.25) is 0 Å². The third kappa shape index (κ3) is 3.88. The number of amides is 1. The number of ether oxygens (including phenoxy) is 1. The topological polar surface area (TPSA) is 93.4 Å². The SMILES string of the molecule is Cc1noc(C)c1CCC(=O)Nc1cnc(N2CCOCC2)nc1. The zero-order chi connectivity index (χ0) is 16.9. The summed E-state index contributed by atoms with van der Waals surface area (Å²) in [6.07, 6.45) is 4.21. The Morgan fingerprint density at radius 3 is 2.58 bits per heavy atom. The molecule has 2 aromatic rings. The molecule has 3 heterocycles. The molecule has 0 radical (unpaired) electrons. The molecule has 2 aromatic heterocycles. The van der Waals surface area contributed by atoms with Crippen LogP contribution in [0.5, 0.6) is 0 Å². The molecule has 0 bridgehead atoms. The molecular formula is C16H21N5O3. The second kappa shape index (κ2) is 7.39. The molecule has 0 atom stereocenters. The average Bonchev–Trinajstić information content (AvgIpc) is 2.93. The molecule has 0 aromatic carbocycles.